The highest BCUT2D eigenvalue weighted by Crippen LogP contribution is 2.37. The summed E-state index contributed by atoms with van der Waals surface area (Å²) in [7, 11) is 0. The van der Waals surface area contributed by atoms with Crippen LogP contribution in [0.3, 0.4) is 0 Å². The second-order valence-electron chi connectivity index (χ2n) is 5.71. The Morgan fingerprint density at radius 1 is 1.04 bits per heavy atom. The van der Waals surface area contributed by atoms with Gasteiger partial charge in [0.25, 0.3) is 0 Å². The molecule has 1 heterocycles. The molecule has 1 aromatic heterocycles. The van der Waals surface area contributed by atoms with E-state index >= 15 is 0 Å². The molecule has 4 nitrogen and oxygen atoms in total. The molecule has 0 saturated heterocycles. The summed E-state index contributed by atoms with van der Waals surface area (Å²) in [6.45, 7) is 4.78. The van der Waals surface area contributed by atoms with E-state index in [1.807, 2.05) is 67.6 Å². The van der Waals surface area contributed by atoms with Gasteiger partial charge in [-0.25, -0.2) is 0 Å². The molecule has 0 aliphatic rings. The van der Waals surface area contributed by atoms with Crippen LogP contribution in [0.1, 0.15) is 24.2 Å². The molecule has 0 aliphatic carbocycles. The van der Waals surface area contributed by atoms with E-state index in [-0.39, 0.29) is 12.6 Å². The molecule has 1 N–H and O–H groups in total. The zero-order chi connectivity index (χ0) is 16.9. The van der Waals surface area contributed by atoms with Gasteiger partial charge in [-0.1, -0.05) is 65.8 Å². The van der Waals surface area contributed by atoms with Crippen molar-refractivity contribution in [2.75, 3.05) is 18.1 Å². The van der Waals surface area contributed by atoms with Crippen molar-refractivity contribution < 1.29 is 9.63 Å². The second-order valence-corrected chi connectivity index (χ2v) is 5.71. The summed E-state index contributed by atoms with van der Waals surface area (Å²) in [5, 5.41) is 14.2. The molecule has 0 saturated carbocycles. The average molecular weight is 322 g/mol. The number of rotatable bonds is 6. The fourth-order valence-electron chi connectivity index (χ4n) is 3.08. The summed E-state index contributed by atoms with van der Waals surface area (Å²) in [5.41, 5.74) is 3.81. The number of aliphatic hydroxyl groups is 1. The molecule has 0 amide bonds. The van der Waals surface area contributed by atoms with E-state index in [2.05, 4.69) is 17.0 Å². The minimum absolute atomic E-state index is 0.0245. The van der Waals surface area contributed by atoms with E-state index in [0.29, 0.717) is 0 Å². The number of benzene rings is 2. The molecule has 0 radical (unpaired) electrons. The van der Waals surface area contributed by atoms with E-state index < -0.39 is 0 Å². The first-order valence-corrected chi connectivity index (χ1v) is 8.20. The number of nitrogens with zero attached hydrogens (tertiary/aromatic N) is 2. The maximum Gasteiger partial charge on any atom is 0.190 e. The smallest absolute Gasteiger partial charge is 0.190 e. The molecule has 3 rings (SSSR count). The lowest BCUT2D eigenvalue weighted by Crippen LogP contribution is -2.31. The van der Waals surface area contributed by atoms with Crippen LogP contribution < -0.4 is 4.90 Å². The minimum atomic E-state index is -0.142. The first-order valence-electron chi connectivity index (χ1n) is 8.20. The molecule has 0 fully saturated rings. The van der Waals surface area contributed by atoms with Crippen molar-refractivity contribution in [1.82, 2.24) is 5.16 Å². The molecule has 3 aromatic rings. The predicted molar refractivity (Wildman–Crippen MR) is 96.0 cm³/mol. The number of aliphatic hydroxyl groups excluding tert-OH is 1. The SMILES string of the molecule is CCN(c1c(C)noc1-c1ccccc1)[C@H](CO)c1ccccc1. The molecule has 24 heavy (non-hydrogen) atoms. The van der Waals surface area contributed by atoms with Crippen molar-refractivity contribution >= 4 is 5.69 Å². The summed E-state index contributed by atoms with van der Waals surface area (Å²) < 4.78 is 5.62. The van der Waals surface area contributed by atoms with Crippen molar-refractivity contribution in [1.29, 1.82) is 0 Å². The number of hydrogen-bond acceptors (Lipinski definition) is 4. The van der Waals surface area contributed by atoms with Gasteiger partial charge in [0.2, 0.25) is 0 Å². The number of hydrogen-bond donors (Lipinski definition) is 1. The van der Waals surface area contributed by atoms with Gasteiger partial charge in [0.1, 0.15) is 11.4 Å². The van der Waals surface area contributed by atoms with Crippen molar-refractivity contribution in [2.45, 2.75) is 19.9 Å². The van der Waals surface area contributed by atoms with Gasteiger partial charge >= 0.3 is 0 Å². The zero-order valence-electron chi connectivity index (χ0n) is 14.0. The standard InChI is InChI=1S/C20H22N2O2/c1-3-22(18(14-23)16-10-6-4-7-11-16)19-15(2)21-24-20(19)17-12-8-5-9-13-17/h4-13,18,23H,3,14H2,1-2H3/t18-/m1/s1. The van der Waals surface area contributed by atoms with Crippen LogP contribution in [0.2, 0.25) is 0 Å². The van der Waals surface area contributed by atoms with Crippen LogP contribution in [0.15, 0.2) is 65.2 Å². The Morgan fingerprint density at radius 2 is 1.67 bits per heavy atom. The van der Waals surface area contributed by atoms with Gasteiger partial charge in [0, 0.05) is 12.1 Å². The van der Waals surface area contributed by atoms with E-state index in [1.165, 1.54) is 0 Å². The number of likely N-dealkylation sites (N-methyl/N-ethyl adjacent to an activating group) is 1. The van der Waals surface area contributed by atoms with Gasteiger partial charge in [-0.15, -0.1) is 0 Å². The van der Waals surface area contributed by atoms with Crippen molar-refractivity contribution in [3.8, 4) is 11.3 Å². The Labute approximate surface area is 142 Å². The highest BCUT2D eigenvalue weighted by molar-refractivity contribution is 5.75. The Morgan fingerprint density at radius 3 is 2.25 bits per heavy atom. The molecular weight excluding hydrogens is 300 g/mol. The van der Waals surface area contributed by atoms with E-state index in [9.17, 15) is 5.11 Å². The molecule has 4 heteroatoms. The van der Waals surface area contributed by atoms with Gasteiger partial charge in [-0.05, 0) is 19.4 Å². The van der Waals surface area contributed by atoms with Crippen molar-refractivity contribution in [3.05, 3.63) is 71.9 Å². The highest BCUT2D eigenvalue weighted by atomic mass is 16.5. The average Bonchev–Trinajstić information content (AvgIpc) is 3.02. The number of anilines is 1. The maximum atomic E-state index is 10.0. The summed E-state index contributed by atoms with van der Waals surface area (Å²) in [5.74, 6) is 0.740. The van der Waals surface area contributed by atoms with Crippen LogP contribution in [-0.2, 0) is 0 Å². The second kappa shape index (κ2) is 7.32. The fourth-order valence-corrected chi connectivity index (χ4v) is 3.08. The van der Waals surface area contributed by atoms with Crippen molar-refractivity contribution in [2.24, 2.45) is 0 Å². The molecule has 2 aromatic carbocycles. The maximum absolute atomic E-state index is 10.0. The molecule has 1 atom stereocenters. The molecule has 0 unspecified atom stereocenters. The Kier molecular flexibility index (Phi) is 4.96. The summed E-state index contributed by atoms with van der Waals surface area (Å²) in [4.78, 5) is 2.16. The Balaban J connectivity index is 2.07. The topological polar surface area (TPSA) is 49.5 Å². The van der Waals surface area contributed by atoms with Gasteiger partial charge in [0.15, 0.2) is 5.76 Å². The summed E-state index contributed by atoms with van der Waals surface area (Å²) in [6.07, 6.45) is 0. The molecular formula is C20H22N2O2. The monoisotopic (exact) mass is 322 g/mol. The van der Waals surface area contributed by atoms with Crippen LogP contribution >= 0.6 is 0 Å². The van der Waals surface area contributed by atoms with Crippen molar-refractivity contribution in [3.63, 3.8) is 0 Å². The number of aromatic nitrogens is 1. The quantitative estimate of drug-likeness (QED) is 0.738. The third-order valence-electron chi connectivity index (χ3n) is 4.23. The Hall–Kier alpha value is -2.59. The first-order chi connectivity index (χ1) is 11.8. The van der Waals surface area contributed by atoms with Gasteiger partial charge in [-0.3, -0.25) is 0 Å². The van der Waals surface area contributed by atoms with Crippen LogP contribution in [-0.4, -0.2) is 23.4 Å². The van der Waals surface area contributed by atoms with Gasteiger partial charge < -0.3 is 14.5 Å². The fraction of sp³-hybridized carbons (Fsp3) is 0.250. The lowest BCUT2D eigenvalue weighted by molar-refractivity contribution is 0.261. The van der Waals surface area contributed by atoms with Crippen LogP contribution in [0.4, 0.5) is 5.69 Å². The molecule has 0 aliphatic heterocycles. The minimum Gasteiger partial charge on any atom is -0.394 e. The van der Waals surface area contributed by atoms with Crippen LogP contribution in [0, 0.1) is 6.92 Å². The largest absolute Gasteiger partial charge is 0.394 e. The molecule has 124 valence electrons. The van der Waals surface area contributed by atoms with E-state index in [4.69, 9.17) is 4.52 Å². The van der Waals surface area contributed by atoms with Gasteiger partial charge in [-0.2, -0.15) is 0 Å². The predicted octanol–water partition coefficient (Wildman–Crippen LogP) is 4.21. The van der Waals surface area contributed by atoms with Crippen LogP contribution in [0.5, 0.6) is 0 Å². The summed E-state index contributed by atoms with van der Waals surface area (Å²) in [6, 6.07) is 19.8. The zero-order valence-corrected chi connectivity index (χ0v) is 14.0. The molecule has 0 bridgehead atoms. The molecule has 0 spiro atoms. The normalized spacial score (nSPS) is 12.1. The number of aryl methyl sites for hydroxylation is 1. The first kappa shape index (κ1) is 16.3. The third-order valence-corrected chi connectivity index (χ3v) is 4.23. The summed E-state index contributed by atoms with van der Waals surface area (Å²) >= 11 is 0. The lowest BCUT2D eigenvalue weighted by Gasteiger charge is -2.31. The van der Waals surface area contributed by atoms with Gasteiger partial charge in [0.05, 0.1) is 12.6 Å². The highest BCUT2D eigenvalue weighted by Gasteiger charge is 2.26. The third kappa shape index (κ3) is 3.05. The van der Waals surface area contributed by atoms with E-state index in [1.54, 1.807) is 0 Å². The lowest BCUT2D eigenvalue weighted by atomic mass is 10.0. The van der Waals surface area contributed by atoms with E-state index in [0.717, 1.165) is 34.8 Å². The Bertz CT molecular complexity index is 769. The van der Waals surface area contributed by atoms with Crippen LogP contribution in [0.25, 0.3) is 11.3 Å².